The first-order chi connectivity index (χ1) is 11.6. The molecule has 0 spiro atoms. The number of nitrogens with zero attached hydrogens (tertiary/aromatic N) is 3. The highest BCUT2D eigenvalue weighted by Gasteiger charge is 2.34. The van der Waals surface area contributed by atoms with Crippen molar-refractivity contribution in [3.63, 3.8) is 0 Å². The van der Waals surface area contributed by atoms with Crippen LogP contribution >= 0.6 is 0 Å². The van der Waals surface area contributed by atoms with Crippen LogP contribution < -0.4 is 0 Å². The Morgan fingerprint density at radius 2 is 2.04 bits per heavy atom. The van der Waals surface area contributed by atoms with E-state index in [4.69, 9.17) is 0 Å². The molecule has 0 saturated carbocycles. The maximum absolute atomic E-state index is 13.1. The number of aromatic amines is 1. The Hall–Kier alpha value is -1.70. The van der Waals surface area contributed by atoms with Crippen LogP contribution in [0.4, 0.5) is 0 Å². The zero-order chi connectivity index (χ0) is 16.7. The van der Waals surface area contributed by atoms with E-state index in [1.807, 2.05) is 19.2 Å². The van der Waals surface area contributed by atoms with Gasteiger partial charge in [0.1, 0.15) is 5.82 Å². The summed E-state index contributed by atoms with van der Waals surface area (Å²) in [5.41, 5.74) is 2.48. The number of H-pyrrole nitrogens is 1. The number of benzene rings is 1. The predicted octanol–water partition coefficient (Wildman–Crippen LogP) is 1.58. The quantitative estimate of drug-likeness (QED) is 0.916. The van der Waals surface area contributed by atoms with Crippen LogP contribution in [0.25, 0.3) is 0 Å². The first kappa shape index (κ1) is 15.8. The Bertz CT molecular complexity index is 832. The molecule has 1 aromatic carbocycles. The average Bonchev–Trinajstić information content (AvgIpc) is 3.26. The Morgan fingerprint density at radius 3 is 2.83 bits per heavy atom. The molecule has 1 aliphatic carbocycles. The highest BCUT2D eigenvalue weighted by Crippen LogP contribution is 2.29. The summed E-state index contributed by atoms with van der Waals surface area (Å²) in [4.78, 5) is 9.99. The van der Waals surface area contributed by atoms with Crippen LogP contribution in [0.1, 0.15) is 29.4 Å². The Kier molecular flexibility index (Phi) is 3.94. The summed E-state index contributed by atoms with van der Waals surface area (Å²) in [5.74, 6) is 0.811. The van der Waals surface area contributed by atoms with E-state index in [9.17, 15) is 8.42 Å². The van der Waals surface area contributed by atoms with Crippen molar-refractivity contribution in [3.8, 4) is 0 Å². The molecule has 1 N–H and O–H groups in total. The summed E-state index contributed by atoms with van der Waals surface area (Å²) in [6.45, 7) is 1.62. The number of likely N-dealkylation sites (N-methyl/N-ethyl adjacent to an activating group) is 1. The molecule has 1 saturated heterocycles. The molecule has 24 heavy (non-hydrogen) atoms. The number of sulfonamides is 1. The van der Waals surface area contributed by atoms with E-state index >= 15 is 0 Å². The van der Waals surface area contributed by atoms with Crippen LogP contribution in [0, 0.1) is 0 Å². The SMILES string of the molecule is CN1CCN(S(=O)(=O)c2ccc3c(c2)CCC3)CC1c1ncc[nH]1. The van der Waals surface area contributed by atoms with Gasteiger partial charge < -0.3 is 4.98 Å². The van der Waals surface area contributed by atoms with E-state index in [1.165, 1.54) is 11.1 Å². The van der Waals surface area contributed by atoms with Gasteiger partial charge in [0.05, 0.1) is 10.9 Å². The molecule has 0 bridgehead atoms. The zero-order valence-electron chi connectivity index (χ0n) is 13.8. The summed E-state index contributed by atoms with van der Waals surface area (Å²) in [6, 6.07) is 5.57. The zero-order valence-corrected chi connectivity index (χ0v) is 14.6. The molecule has 6 nitrogen and oxygen atoms in total. The minimum absolute atomic E-state index is 0.0436. The van der Waals surface area contributed by atoms with Crippen molar-refractivity contribution in [1.29, 1.82) is 0 Å². The standard InChI is InChI=1S/C17H22N4O2S/c1-20-9-10-21(12-16(20)17-18-7-8-19-17)24(22,23)15-6-5-13-3-2-4-14(13)11-15/h5-8,11,16H,2-4,9-10,12H2,1H3,(H,18,19). The topological polar surface area (TPSA) is 69.3 Å². The van der Waals surface area contributed by atoms with Gasteiger partial charge in [-0.3, -0.25) is 4.90 Å². The predicted molar refractivity (Wildman–Crippen MR) is 91.2 cm³/mol. The third-order valence-corrected chi connectivity index (χ3v) is 7.01. The molecule has 2 heterocycles. The van der Waals surface area contributed by atoms with Crippen molar-refractivity contribution < 1.29 is 8.42 Å². The van der Waals surface area contributed by atoms with Gasteiger partial charge in [0.2, 0.25) is 10.0 Å². The molecule has 2 aliphatic rings. The van der Waals surface area contributed by atoms with Crippen LogP contribution in [0.3, 0.4) is 0 Å². The summed E-state index contributed by atoms with van der Waals surface area (Å²) in [7, 11) is -1.46. The van der Waals surface area contributed by atoms with Crippen molar-refractivity contribution in [3.05, 3.63) is 47.5 Å². The number of aromatic nitrogens is 2. The molecular weight excluding hydrogens is 324 g/mol. The van der Waals surface area contributed by atoms with Crippen LogP contribution in [-0.2, 0) is 22.9 Å². The largest absolute Gasteiger partial charge is 0.347 e. The number of rotatable bonds is 3. The minimum Gasteiger partial charge on any atom is -0.347 e. The number of hydrogen-bond acceptors (Lipinski definition) is 4. The van der Waals surface area contributed by atoms with Crippen molar-refractivity contribution in [2.75, 3.05) is 26.7 Å². The molecule has 0 radical (unpaired) electrons. The second kappa shape index (κ2) is 5.98. The Labute approximate surface area is 142 Å². The van der Waals surface area contributed by atoms with Crippen molar-refractivity contribution in [2.45, 2.75) is 30.2 Å². The number of imidazole rings is 1. The van der Waals surface area contributed by atoms with Gasteiger partial charge in [0.25, 0.3) is 0 Å². The second-order valence-corrected chi connectivity index (χ2v) is 8.56. The van der Waals surface area contributed by atoms with E-state index < -0.39 is 10.0 Å². The molecule has 1 aromatic heterocycles. The lowest BCUT2D eigenvalue weighted by molar-refractivity contribution is 0.142. The van der Waals surface area contributed by atoms with Gasteiger partial charge in [-0.25, -0.2) is 13.4 Å². The van der Waals surface area contributed by atoms with Crippen LogP contribution in [-0.4, -0.2) is 54.3 Å². The fourth-order valence-corrected chi connectivity index (χ4v) is 5.17. The van der Waals surface area contributed by atoms with Crippen molar-refractivity contribution in [1.82, 2.24) is 19.2 Å². The molecule has 7 heteroatoms. The molecule has 4 rings (SSSR count). The molecule has 2 aromatic rings. The molecule has 0 amide bonds. The molecule has 128 valence electrons. The van der Waals surface area contributed by atoms with Gasteiger partial charge in [0.15, 0.2) is 0 Å². The second-order valence-electron chi connectivity index (χ2n) is 6.62. The van der Waals surface area contributed by atoms with Crippen LogP contribution in [0.2, 0.25) is 0 Å². The van der Waals surface area contributed by atoms with Gasteiger partial charge in [-0.15, -0.1) is 0 Å². The van der Waals surface area contributed by atoms with E-state index in [0.29, 0.717) is 24.5 Å². The lowest BCUT2D eigenvalue weighted by Crippen LogP contribution is -2.49. The molecule has 1 atom stereocenters. The fourth-order valence-electron chi connectivity index (χ4n) is 3.68. The highest BCUT2D eigenvalue weighted by atomic mass is 32.2. The van der Waals surface area contributed by atoms with Gasteiger partial charge in [-0.2, -0.15) is 4.31 Å². The molecule has 1 fully saturated rings. The highest BCUT2D eigenvalue weighted by molar-refractivity contribution is 7.89. The Balaban J connectivity index is 1.62. The third-order valence-electron chi connectivity index (χ3n) is 5.15. The smallest absolute Gasteiger partial charge is 0.243 e. The van der Waals surface area contributed by atoms with Gasteiger partial charge >= 0.3 is 0 Å². The number of piperazine rings is 1. The fraction of sp³-hybridized carbons (Fsp3) is 0.471. The maximum atomic E-state index is 13.1. The normalized spacial score (nSPS) is 22.6. The maximum Gasteiger partial charge on any atom is 0.243 e. The van der Waals surface area contributed by atoms with Crippen molar-refractivity contribution in [2.24, 2.45) is 0 Å². The van der Waals surface area contributed by atoms with E-state index in [-0.39, 0.29) is 6.04 Å². The summed E-state index contributed by atoms with van der Waals surface area (Å²) < 4.78 is 27.8. The number of nitrogens with one attached hydrogen (secondary N) is 1. The molecule has 1 unspecified atom stereocenters. The van der Waals surface area contributed by atoms with E-state index in [2.05, 4.69) is 14.9 Å². The van der Waals surface area contributed by atoms with Gasteiger partial charge in [0, 0.05) is 32.0 Å². The van der Waals surface area contributed by atoms with Crippen LogP contribution in [0.5, 0.6) is 0 Å². The first-order valence-electron chi connectivity index (χ1n) is 8.37. The summed E-state index contributed by atoms with van der Waals surface area (Å²) in [5, 5.41) is 0. The lowest BCUT2D eigenvalue weighted by Gasteiger charge is -2.37. The third kappa shape index (κ3) is 2.66. The van der Waals surface area contributed by atoms with E-state index in [1.54, 1.807) is 22.8 Å². The first-order valence-corrected chi connectivity index (χ1v) is 9.81. The summed E-state index contributed by atoms with van der Waals surface area (Å²) in [6.07, 6.45) is 6.64. The minimum atomic E-state index is -3.47. The molecule has 1 aliphatic heterocycles. The number of aryl methyl sites for hydroxylation is 2. The summed E-state index contributed by atoms with van der Waals surface area (Å²) >= 11 is 0. The van der Waals surface area contributed by atoms with E-state index in [0.717, 1.165) is 25.1 Å². The van der Waals surface area contributed by atoms with Crippen molar-refractivity contribution >= 4 is 10.0 Å². The number of fused-ring (bicyclic) bond motifs is 1. The monoisotopic (exact) mass is 346 g/mol. The lowest BCUT2D eigenvalue weighted by atomic mass is 10.1. The van der Waals surface area contributed by atoms with Gasteiger partial charge in [-0.05, 0) is 49.6 Å². The number of hydrogen-bond donors (Lipinski definition) is 1. The molecular formula is C17H22N4O2S. The van der Waals surface area contributed by atoms with Gasteiger partial charge in [-0.1, -0.05) is 6.07 Å². The van der Waals surface area contributed by atoms with Crippen LogP contribution in [0.15, 0.2) is 35.5 Å². The Morgan fingerprint density at radius 1 is 1.21 bits per heavy atom. The average molecular weight is 346 g/mol.